The van der Waals surface area contributed by atoms with Crippen LogP contribution in [0.2, 0.25) is 19.6 Å². The molecule has 0 spiro atoms. The summed E-state index contributed by atoms with van der Waals surface area (Å²) in [4.78, 5) is 15.2. The van der Waals surface area contributed by atoms with Crippen LogP contribution in [0.25, 0.3) is 0 Å². The average Bonchev–Trinajstić information content (AvgIpc) is 2.66. The number of amides is 1. The van der Waals surface area contributed by atoms with E-state index in [0.717, 1.165) is 17.5 Å². The van der Waals surface area contributed by atoms with Crippen LogP contribution in [0.5, 0.6) is 0 Å². The highest BCUT2D eigenvalue weighted by atomic mass is 28.4. The molecule has 0 saturated heterocycles. The van der Waals surface area contributed by atoms with E-state index in [-0.39, 0.29) is 24.0 Å². The van der Waals surface area contributed by atoms with Crippen LogP contribution in [0.3, 0.4) is 0 Å². The van der Waals surface area contributed by atoms with Crippen molar-refractivity contribution in [3.63, 3.8) is 0 Å². The predicted octanol–water partition coefficient (Wildman–Crippen LogP) is 5.62. The van der Waals surface area contributed by atoms with Crippen LogP contribution < -0.4 is 0 Å². The number of hydrogen-bond donors (Lipinski definition) is 0. The minimum Gasteiger partial charge on any atom is -0.409 e. The molecule has 2 aromatic carbocycles. The van der Waals surface area contributed by atoms with Gasteiger partial charge >= 0.3 is 0 Å². The molecule has 2 aromatic rings. The summed E-state index contributed by atoms with van der Waals surface area (Å²) in [5.41, 5.74) is 2.20. The SMILES string of the molecule is CCC(C(=O)N(C)[C@@H](C)[C@@H](O[Si](C)(C)C)c1ccccc1)c1ccccc1. The van der Waals surface area contributed by atoms with Gasteiger partial charge in [-0.1, -0.05) is 67.6 Å². The van der Waals surface area contributed by atoms with Crippen molar-refractivity contribution in [1.29, 1.82) is 0 Å². The van der Waals surface area contributed by atoms with Gasteiger partial charge in [-0.25, -0.2) is 0 Å². The zero-order valence-corrected chi connectivity index (χ0v) is 18.5. The lowest BCUT2D eigenvalue weighted by Crippen LogP contribution is -2.44. The smallest absolute Gasteiger partial charge is 0.230 e. The molecule has 2 rings (SSSR count). The highest BCUT2D eigenvalue weighted by Gasteiger charge is 2.33. The first-order valence-electron chi connectivity index (χ1n) is 9.79. The summed E-state index contributed by atoms with van der Waals surface area (Å²) in [6, 6.07) is 20.3. The molecule has 0 aromatic heterocycles. The van der Waals surface area contributed by atoms with Gasteiger partial charge in [0.05, 0.1) is 18.1 Å². The molecule has 4 heteroatoms. The van der Waals surface area contributed by atoms with Crippen LogP contribution in [-0.4, -0.2) is 32.2 Å². The number of rotatable bonds is 8. The first-order valence-corrected chi connectivity index (χ1v) is 13.2. The third-order valence-electron chi connectivity index (χ3n) is 4.91. The quantitative estimate of drug-likeness (QED) is 0.554. The summed E-state index contributed by atoms with van der Waals surface area (Å²) in [6.07, 6.45) is 0.658. The molecule has 0 bridgehead atoms. The van der Waals surface area contributed by atoms with E-state index < -0.39 is 8.32 Å². The van der Waals surface area contributed by atoms with Gasteiger partial charge in [0.1, 0.15) is 0 Å². The number of carbonyl (C=O) groups is 1. The van der Waals surface area contributed by atoms with E-state index in [9.17, 15) is 4.79 Å². The van der Waals surface area contributed by atoms with Gasteiger partial charge in [0, 0.05) is 7.05 Å². The Labute approximate surface area is 165 Å². The van der Waals surface area contributed by atoms with Gasteiger partial charge in [0.2, 0.25) is 5.91 Å². The molecular weight excluding hydrogens is 350 g/mol. The molecule has 0 aliphatic carbocycles. The largest absolute Gasteiger partial charge is 0.409 e. The van der Waals surface area contributed by atoms with Crippen molar-refractivity contribution in [2.45, 2.75) is 58.0 Å². The second-order valence-electron chi connectivity index (χ2n) is 8.12. The maximum atomic E-state index is 13.3. The molecule has 0 N–H and O–H groups in total. The lowest BCUT2D eigenvalue weighted by Gasteiger charge is -2.37. The van der Waals surface area contributed by atoms with Crippen LogP contribution in [-0.2, 0) is 9.22 Å². The van der Waals surface area contributed by atoms with Gasteiger partial charge in [-0.15, -0.1) is 0 Å². The monoisotopic (exact) mass is 383 g/mol. The second-order valence-corrected chi connectivity index (χ2v) is 12.6. The number of benzene rings is 2. The highest BCUT2D eigenvalue weighted by molar-refractivity contribution is 6.69. The Morgan fingerprint density at radius 3 is 1.89 bits per heavy atom. The summed E-state index contributed by atoms with van der Waals surface area (Å²) in [7, 11) is 0.121. The van der Waals surface area contributed by atoms with Gasteiger partial charge in [-0.3, -0.25) is 4.79 Å². The Hall–Kier alpha value is -1.91. The van der Waals surface area contributed by atoms with Crippen molar-refractivity contribution in [1.82, 2.24) is 4.90 Å². The highest BCUT2D eigenvalue weighted by Crippen LogP contribution is 2.30. The van der Waals surface area contributed by atoms with Crippen molar-refractivity contribution >= 4 is 14.2 Å². The maximum Gasteiger partial charge on any atom is 0.230 e. The fourth-order valence-corrected chi connectivity index (χ4v) is 4.45. The summed E-state index contributed by atoms with van der Waals surface area (Å²) < 4.78 is 6.52. The van der Waals surface area contributed by atoms with Crippen molar-refractivity contribution in [2.75, 3.05) is 7.05 Å². The molecule has 1 unspecified atom stereocenters. The third kappa shape index (κ3) is 5.78. The van der Waals surface area contributed by atoms with Gasteiger partial charge in [-0.05, 0) is 44.1 Å². The molecular formula is C23H33NO2Si. The molecule has 0 aliphatic rings. The van der Waals surface area contributed by atoms with Gasteiger partial charge in [0.25, 0.3) is 0 Å². The summed E-state index contributed by atoms with van der Waals surface area (Å²) >= 11 is 0. The van der Waals surface area contributed by atoms with Crippen LogP contribution in [0.4, 0.5) is 0 Å². The Morgan fingerprint density at radius 1 is 0.963 bits per heavy atom. The average molecular weight is 384 g/mol. The van der Waals surface area contributed by atoms with Crippen LogP contribution in [0.1, 0.15) is 43.4 Å². The fraction of sp³-hybridized carbons (Fsp3) is 0.435. The van der Waals surface area contributed by atoms with E-state index in [1.807, 2.05) is 60.5 Å². The minimum atomic E-state index is -1.78. The van der Waals surface area contributed by atoms with Gasteiger partial charge < -0.3 is 9.33 Å². The Balaban J connectivity index is 2.27. The third-order valence-corrected chi connectivity index (χ3v) is 5.87. The van der Waals surface area contributed by atoms with Crippen molar-refractivity contribution in [3.05, 3.63) is 71.8 Å². The molecule has 0 radical (unpaired) electrons. The Kier molecular flexibility index (Phi) is 7.39. The van der Waals surface area contributed by atoms with Crippen LogP contribution in [0, 0.1) is 0 Å². The summed E-state index contributed by atoms with van der Waals surface area (Å²) in [6.45, 7) is 10.7. The minimum absolute atomic E-state index is 0.0515. The van der Waals surface area contributed by atoms with Crippen molar-refractivity contribution in [2.24, 2.45) is 0 Å². The number of carbonyl (C=O) groups excluding carboxylic acids is 1. The summed E-state index contributed by atoms with van der Waals surface area (Å²) in [5.74, 6) is 0.0262. The molecule has 27 heavy (non-hydrogen) atoms. The topological polar surface area (TPSA) is 29.5 Å². The van der Waals surface area contributed by atoms with E-state index in [0.29, 0.717) is 0 Å². The lowest BCUT2D eigenvalue weighted by molar-refractivity contribution is -0.135. The number of hydrogen-bond acceptors (Lipinski definition) is 2. The predicted molar refractivity (Wildman–Crippen MR) is 115 cm³/mol. The molecule has 0 fully saturated rings. The van der Waals surface area contributed by atoms with Crippen molar-refractivity contribution in [3.8, 4) is 0 Å². The molecule has 3 atom stereocenters. The van der Waals surface area contributed by atoms with E-state index in [1.165, 1.54) is 0 Å². The Bertz CT molecular complexity index is 712. The first-order chi connectivity index (χ1) is 12.7. The van der Waals surface area contributed by atoms with Gasteiger partial charge in [-0.2, -0.15) is 0 Å². The zero-order chi connectivity index (χ0) is 20.0. The normalized spacial score (nSPS) is 15.0. The Morgan fingerprint density at radius 2 is 1.44 bits per heavy atom. The second kappa shape index (κ2) is 9.33. The first kappa shape index (κ1) is 21.4. The standard InChI is InChI=1S/C23H33NO2Si/c1-7-21(19-14-10-8-11-15-19)23(25)24(3)18(2)22(26-27(4,5)6)20-16-12-9-13-17-20/h8-18,21-22H,7H2,1-6H3/t18-,21?,22+/m0/s1. The fourth-order valence-electron chi connectivity index (χ4n) is 3.36. The van der Waals surface area contributed by atoms with Crippen LogP contribution in [0.15, 0.2) is 60.7 Å². The van der Waals surface area contributed by atoms with Gasteiger partial charge in [0.15, 0.2) is 8.32 Å². The number of likely N-dealkylation sites (N-methyl/N-ethyl adjacent to an activating group) is 1. The molecule has 1 amide bonds. The molecule has 3 nitrogen and oxygen atoms in total. The zero-order valence-electron chi connectivity index (χ0n) is 17.5. The van der Waals surface area contributed by atoms with Crippen LogP contribution >= 0.6 is 0 Å². The molecule has 146 valence electrons. The van der Waals surface area contributed by atoms with E-state index >= 15 is 0 Å². The van der Waals surface area contributed by atoms with Crippen molar-refractivity contribution < 1.29 is 9.22 Å². The molecule has 0 saturated carbocycles. The van der Waals surface area contributed by atoms with E-state index in [2.05, 4.69) is 45.6 Å². The lowest BCUT2D eigenvalue weighted by atomic mass is 9.93. The number of nitrogens with zero attached hydrogens (tertiary/aromatic N) is 1. The summed E-state index contributed by atoms with van der Waals surface area (Å²) in [5, 5.41) is 0. The van der Waals surface area contributed by atoms with E-state index in [1.54, 1.807) is 0 Å². The maximum absolute atomic E-state index is 13.3. The van der Waals surface area contributed by atoms with E-state index in [4.69, 9.17) is 4.43 Å². The molecule has 0 heterocycles. The molecule has 0 aliphatic heterocycles.